The number of amides is 1. The molecule has 0 aliphatic carbocycles. The summed E-state index contributed by atoms with van der Waals surface area (Å²) >= 11 is 1.43. The van der Waals surface area contributed by atoms with Gasteiger partial charge in [0.25, 0.3) is 5.91 Å². The van der Waals surface area contributed by atoms with Crippen LogP contribution in [0.3, 0.4) is 0 Å². The molecule has 1 aromatic heterocycles. The second kappa shape index (κ2) is 8.61. The molecule has 0 aliphatic heterocycles. The van der Waals surface area contributed by atoms with E-state index in [1.165, 1.54) is 22.7 Å². The number of carbonyl (C=O) groups is 1. The van der Waals surface area contributed by atoms with Crippen molar-refractivity contribution < 1.29 is 13.6 Å². The summed E-state index contributed by atoms with van der Waals surface area (Å²) in [6, 6.07) is 27.2. The van der Waals surface area contributed by atoms with E-state index in [0.717, 1.165) is 10.6 Å². The Morgan fingerprint density at radius 2 is 1.55 bits per heavy atom. The molecule has 0 saturated heterocycles. The Bertz CT molecular complexity index is 1180. The monoisotopic (exact) mass is 436 g/mol. The number of carbonyl (C=O) groups excluding carboxylic acids is 1. The third kappa shape index (κ3) is 4.44. The summed E-state index contributed by atoms with van der Waals surface area (Å²) in [5, 5.41) is 4.02. The zero-order chi connectivity index (χ0) is 21.8. The molecule has 0 aliphatic rings. The second-order valence-electron chi connectivity index (χ2n) is 6.70. The van der Waals surface area contributed by atoms with Crippen LogP contribution in [-0.2, 0) is 10.7 Å². The predicted molar refractivity (Wildman–Crippen MR) is 118 cm³/mol. The van der Waals surface area contributed by atoms with Crippen molar-refractivity contribution >= 4 is 23.5 Å². The molecule has 8 heteroatoms. The molecule has 0 spiro atoms. The highest BCUT2D eigenvalue weighted by Gasteiger charge is 2.42. The second-order valence-corrected chi connectivity index (χ2v) is 7.57. The Morgan fingerprint density at radius 1 is 0.935 bits per heavy atom. The third-order valence-electron chi connectivity index (χ3n) is 4.55. The van der Waals surface area contributed by atoms with Crippen LogP contribution in [0.5, 0.6) is 0 Å². The Labute approximate surface area is 182 Å². The largest absolute Gasteiger partial charge is 0.367 e. The first-order chi connectivity index (χ1) is 14.9. The van der Waals surface area contributed by atoms with E-state index in [9.17, 15) is 13.6 Å². The van der Waals surface area contributed by atoms with Crippen molar-refractivity contribution in [1.29, 1.82) is 0 Å². The number of halogens is 2. The van der Waals surface area contributed by atoms with Crippen LogP contribution in [0.4, 0.5) is 14.5 Å². The fourth-order valence-corrected chi connectivity index (χ4v) is 3.60. The van der Waals surface area contributed by atoms with Crippen LogP contribution >= 0.6 is 11.9 Å². The summed E-state index contributed by atoms with van der Waals surface area (Å²) in [5.74, 6) is -5.61. The van der Waals surface area contributed by atoms with Gasteiger partial charge in [0.15, 0.2) is 0 Å². The van der Waals surface area contributed by atoms with Gasteiger partial charge < -0.3 is 10.5 Å². The Kier molecular flexibility index (Phi) is 5.73. The zero-order valence-corrected chi connectivity index (χ0v) is 17.0. The molecule has 5 nitrogen and oxygen atoms in total. The van der Waals surface area contributed by atoms with Crippen LogP contribution < -0.4 is 10.5 Å². The number of benzene rings is 3. The lowest BCUT2D eigenvalue weighted by Crippen LogP contribution is -2.33. The first-order valence-corrected chi connectivity index (χ1v) is 10.2. The summed E-state index contributed by atoms with van der Waals surface area (Å²) in [6.07, 6.45) is 0. The number of nitrogens with zero attached hydrogens (tertiary/aromatic N) is 2. The first kappa shape index (κ1) is 20.6. The van der Waals surface area contributed by atoms with Crippen molar-refractivity contribution in [2.45, 2.75) is 10.8 Å². The van der Waals surface area contributed by atoms with Crippen LogP contribution in [0.25, 0.3) is 16.9 Å². The van der Waals surface area contributed by atoms with Gasteiger partial charge in [-0.05, 0) is 54.4 Å². The standard InChI is InChI=1S/C23H18F2N4OS/c24-23(25,22(26)30)21-15-20(16-7-3-1-4-8-16)29(27-21)18-11-13-19(14-12-18)31-28-17-9-5-2-6-10-17/h1-15,28H,(H2,26,30). The van der Waals surface area contributed by atoms with E-state index in [4.69, 9.17) is 5.73 Å². The molecule has 0 unspecified atom stereocenters. The molecule has 0 fully saturated rings. The van der Waals surface area contributed by atoms with E-state index in [1.807, 2.05) is 48.5 Å². The number of hydrogen-bond donors (Lipinski definition) is 2. The number of alkyl halides is 2. The zero-order valence-electron chi connectivity index (χ0n) is 16.2. The van der Waals surface area contributed by atoms with Crippen LogP contribution in [0.2, 0.25) is 0 Å². The molecular weight excluding hydrogens is 418 g/mol. The molecule has 0 radical (unpaired) electrons. The average molecular weight is 436 g/mol. The third-order valence-corrected chi connectivity index (χ3v) is 5.40. The van der Waals surface area contributed by atoms with Gasteiger partial charge in [-0.1, -0.05) is 48.5 Å². The smallest absolute Gasteiger partial charge is 0.364 e. The van der Waals surface area contributed by atoms with Gasteiger partial charge >= 0.3 is 5.92 Å². The number of anilines is 1. The average Bonchev–Trinajstić information content (AvgIpc) is 3.25. The number of primary amides is 1. The molecule has 1 heterocycles. The normalized spacial score (nSPS) is 11.3. The molecule has 4 aromatic rings. The summed E-state index contributed by atoms with van der Waals surface area (Å²) in [7, 11) is 0. The van der Waals surface area contributed by atoms with Crippen molar-refractivity contribution in [3.05, 3.63) is 96.7 Å². The van der Waals surface area contributed by atoms with E-state index in [0.29, 0.717) is 16.9 Å². The fraction of sp³-hybridized carbons (Fsp3) is 0.0435. The van der Waals surface area contributed by atoms with Gasteiger partial charge in [-0.15, -0.1) is 0 Å². The number of nitrogens with one attached hydrogen (secondary N) is 1. The van der Waals surface area contributed by atoms with Gasteiger partial charge in [0.1, 0.15) is 5.69 Å². The summed E-state index contributed by atoms with van der Waals surface area (Å²) in [4.78, 5) is 12.2. The molecular formula is C23H18F2N4OS. The topological polar surface area (TPSA) is 72.9 Å². The van der Waals surface area contributed by atoms with Crippen molar-refractivity contribution in [1.82, 2.24) is 9.78 Å². The van der Waals surface area contributed by atoms with Gasteiger partial charge in [0, 0.05) is 16.1 Å². The number of hydrogen-bond acceptors (Lipinski definition) is 4. The van der Waals surface area contributed by atoms with Crippen molar-refractivity contribution in [3.8, 4) is 16.9 Å². The van der Waals surface area contributed by atoms with Crippen LogP contribution in [0, 0.1) is 0 Å². The lowest BCUT2D eigenvalue weighted by atomic mass is 10.1. The number of rotatable bonds is 7. The highest BCUT2D eigenvalue weighted by Crippen LogP contribution is 2.32. The van der Waals surface area contributed by atoms with Crippen molar-refractivity contribution in [2.24, 2.45) is 5.73 Å². The Balaban J connectivity index is 1.66. The van der Waals surface area contributed by atoms with Crippen LogP contribution in [-0.4, -0.2) is 15.7 Å². The van der Waals surface area contributed by atoms with Gasteiger partial charge in [-0.25, -0.2) is 4.68 Å². The van der Waals surface area contributed by atoms with E-state index in [1.54, 1.807) is 36.4 Å². The number of nitrogens with two attached hydrogens (primary N) is 1. The minimum Gasteiger partial charge on any atom is -0.364 e. The van der Waals surface area contributed by atoms with E-state index >= 15 is 0 Å². The van der Waals surface area contributed by atoms with E-state index in [-0.39, 0.29) is 0 Å². The quantitative estimate of drug-likeness (QED) is 0.389. The number of aromatic nitrogens is 2. The fourth-order valence-electron chi connectivity index (χ4n) is 2.95. The molecule has 156 valence electrons. The van der Waals surface area contributed by atoms with Gasteiger partial charge in [0.2, 0.25) is 0 Å². The Morgan fingerprint density at radius 3 is 2.16 bits per heavy atom. The summed E-state index contributed by atoms with van der Waals surface area (Å²) in [5.41, 5.74) is 6.86. The molecule has 3 aromatic carbocycles. The predicted octanol–water partition coefficient (Wildman–Crippen LogP) is 5.24. The highest BCUT2D eigenvalue weighted by molar-refractivity contribution is 8.00. The SMILES string of the molecule is NC(=O)C(F)(F)c1cc(-c2ccccc2)n(-c2ccc(SNc3ccccc3)cc2)n1. The molecule has 0 atom stereocenters. The number of para-hydroxylation sites is 1. The molecule has 4 rings (SSSR count). The van der Waals surface area contributed by atoms with Gasteiger partial charge in [0.05, 0.1) is 11.4 Å². The van der Waals surface area contributed by atoms with Crippen molar-refractivity contribution in [2.75, 3.05) is 4.72 Å². The molecule has 1 amide bonds. The van der Waals surface area contributed by atoms with Crippen LogP contribution in [0.15, 0.2) is 95.9 Å². The van der Waals surface area contributed by atoms with Crippen LogP contribution in [0.1, 0.15) is 5.69 Å². The molecule has 3 N–H and O–H groups in total. The van der Waals surface area contributed by atoms with Gasteiger partial charge in [-0.2, -0.15) is 13.9 Å². The Hall–Kier alpha value is -3.65. The van der Waals surface area contributed by atoms with Crippen molar-refractivity contribution in [3.63, 3.8) is 0 Å². The summed E-state index contributed by atoms with van der Waals surface area (Å²) in [6.45, 7) is 0. The minimum absolute atomic E-state index is 0.430. The lowest BCUT2D eigenvalue weighted by molar-refractivity contribution is -0.143. The maximum atomic E-state index is 14.3. The first-order valence-electron chi connectivity index (χ1n) is 9.37. The maximum Gasteiger partial charge on any atom is 0.367 e. The molecule has 0 bridgehead atoms. The van der Waals surface area contributed by atoms with Gasteiger partial charge in [-0.3, -0.25) is 4.79 Å². The summed E-state index contributed by atoms with van der Waals surface area (Å²) < 4.78 is 33.2. The van der Waals surface area contributed by atoms with E-state index in [2.05, 4.69) is 9.82 Å². The highest BCUT2D eigenvalue weighted by atomic mass is 32.2. The molecule has 0 saturated carbocycles. The van der Waals surface area contributed by atoms with E-state index < -0.39 is 17.5 Å². The molecule has 31 heavy (non-hydrogen) atoms. The lowest BCUT2D eigenvalue weighted by Gasteiger charge is -2.10. The minimum atomic E-state index is -3.87. The maximum absolute atomic E-state index is 14.3.